The highest BCUT2D eigenvalue weighted by atomic mass is 16.5. The molecule has 0 bridgehead atoms. The lowest BCUT2D eigenvalue weighted by Crippen LogP contribution is -2.35. The van der Waals surface area contributed by atoms with Gasteiger partial charge < -0.3 is 9.64 Å². The van der Waals surface area contributed by atoms with E-state index in [4.69, 9.17) is 4.74 Å². The SMILES string of the molecule is CN1C(=O)COc2ccc(-c3nc4ccccn4c3C=O)cc21. The minimum Gasteiger partial charge on any atom is -0.482 e. The minimum atomic E-state index is -0.111. The Bertz CT molecular complexity index is 945. The molecule has 2 aromatic heterocycles. The Balaban J connectivity index is 1.92. The Labute approximate surface area is 131 Å². The van der Waals surface area contributed by atoms with E-state index in [1.807, 2.05) is 30.3 Å². The smallest absolute Gasteiger partial charge is 0.264 e. The van der Waals surface area contributed by atoms with Crippen molar-refractivity contribution in [3.8, 4) is 17.0 Å². The Hall–Kier alpha value is -3.15. The van der Waals surface area contributed by atoms with Crippen LogP contribution in [0.3, 0.4) is 0 Å². The highest BCUT2D eigenvalue weighted by Crippen LogP contribution is 2.35. The summed E-state index contributed by atoms with van der Waals surface area (Å²) in [5.41, 5.74) is 3.20. The van der Waals surface area contributed by atoms with Gasteiger partial charge in [-0.25, -0.2) is 4.98 Å². The molecule has 0 aliphatic carbocycles. The fraction of sp³-hybridized carbons (Fsp3) is 0.118. The van der Waals surface area contributed by atoms with Crippen LogP contribution in [0.4, 0.5) is 5.69 Å². The summed E-state index contributed by atoms with van der Waals surface area (Å²) in [6.45, 7) is 0.0385. The van der Waals surface area contributed by atoms with Crippen molar-refractivity contribution in [3.05, 3.63) is 48.3 Å². The monoisotopic (exact) mass is 307 g/mol. The number of hydrogen-bond donors (Lipinski definition) is 0. The van der Waals surface area contributed by atoms with Gasteiger partial charge in [0.1, 0.15) is 22.8 Å². The molecule has 4 rings (SSSR count). The van der Waals surface area contributed by atoms with Gasteiger partial charge in [-0.1, -0.05) is 6.07 Å². The summed E-state index contributed by atoms with van der Waals surface area (Å²) < 4.78 is 7.17. The third-order valence-electron chi connectivity index (χ3n) is 4.00. The summed E-state index contributed by atoms with van der Waals surface area (Å²) in [5.74, 6) is 0.535. The first-order valence-corrected chi connectivity index (χ1v) is 7.15. The number of imidazole rings is 1. The number of likely N-dealkylation sites (N-methyl/N-ethyl adjacent to an activating group) is 1. The van der Waals surface area contributed by atoms with E-state index < -0.39 is 0 Å². The summed E-state index contributed by atoms with van der Waals surface area (Å²) in [6, 6.07) is 11.0. The Morgan fingerprint density at radius 2 is 2.13 bits per heavy atom. The highest BCUT2D eigenvalue weighted by Gasteiger charge is 2.23. The van der Waals surface area contributed by atoms with Crippen LogP contribution in [-0.2, 0) is 4.79 Å². The van der Waals surface area contributed by atoms with Crippen molar-refractivity contribution in [3.63, 3.8) is 0 Å². The molecule has 6 heteroatoms. The molecule has 6 nitrogen and oxygen atoms in total. The van der Waals surface area contributed by atoms with Gasteiger partial charge in [0.05, 0.1) is 5.69 Å². The quantitative estimate of drug-likeness (QED) is 0.681. The van der Waals surface area contributed by atoms with Crippen LogP contribution in [0.2, 0.25) is 0 Å². The van der Waals surface area contributed by atoms with Crippen molar-refractivity contribution >= 4 is 23.5 Å². The topological polar surface area (TPSA) is 63.9 Å². The van der Waals surface area contributed by atoms with E-state index >= 15 is 0 Å². The van der Waals surface area contributed by atoms with E-state index in [1.54, 1.807) is 28.6 Å². The number of carbonyl (C=O) groups is 2. The van der Waals surface area contributed by atoms with Gasteiger partial charge >= 0.3 is 0 Å². The molecule has 0 saturated carbocycles. The number of hydrogen-bond acceptors (Lipinski definition) is 4. The number of rotatable bonds is 2. The highest BCUT2D eigenvalue weighted by molar-refractivity contribution is 5.98. The third kappa shape index (κ3) is 1.99. The number of nitrogens with zero attached hydrogens (tertiary/aromatic N) is 3. The van der Waals surface area contributed by atoms with Crippen LogP contribution in [0, 0.1) is 0 Å². The maximum atomic E-state index is 11.8. The molecular formula is C17H13N3O3. The molecule has 0 fully saturated rings. The van der Waals surface area contributed by atoms with Crippen LogP contribution < -0.4 is 9.64 Å². The lowest BCUT2D eigenvalue weighted by molar-refractivity contribution is -0.120. The van der Waals surface area contributed by atoms with Crippen LogP contribution in [-0.4, -0.2) is 35.2 Å². The van der Waals surface area contributed by atoms with Gasteiger partial charge in [0.15, 0.2) is 12.9 Å². The first kappa shape index (κ1) is 13.5. The molecule has 0 N–H and O–H groups in total. The molecule has 0 radical (unpaired) electrons. The van der Waals surface area contributed by atoms with Crippen molar-refractivity contribution in [2.24, 2.45) is 0 Å². The van der Waals surface area contributed by atoms with Crippen molar-refractivity contribution in [1.29, 1.82) is 0 Å². The number of carbonyl (C=O) groups excluding carboxylic acids is 2. The molecule has 0 atom stereocenters. The van der Waals surface area contributed by atoms with Crippen LogP contribution in [0.15, 0.2) is 42.6 Å². The van der Waals surface area contributed by atoms with Crippen molar-refractivity contribution in [1.82, 2.24) is 9.38 Å². The molecule has 23 heavy (non-hydrogen) atoms. The standard InChI is InChI=1S/C17H13N3O3/c1-19-12-8-11(5-6-14(12)23-10-16(19)22)17-13(9-21)20-7-3-2-4-15(20)18-17/h2-9H,10H2,1H3. The van der Waals surface area contributed by atoms with Crippen LogP contribution in [0.1, 0.15) is 10.5 Å². The zero-order chi connectivity index (χ0) is 16.0. The second-order valence-corrected chi connectivity index (χ2v) is 5.32. The predicted octanol–water partition coefficient (Wildman–Crippen LogP) is 2.17. The number of aromatic nitrogens is 2. The van der Waals surface area contributed by atoms with Crippen LogP contribution in [0.5, 0.6) is 5.75 Å². The fourth-order valence-electron chi connectivity index (χ4n) is 2.76. The third-order valence-corrected chi connectivity index (χ3v) is 4.00. The van der Waals surface area contributed by atoms with Crippen molar-refractivity contribution in [2.75, 3.05) is 18.6 Å². The molecule has 114 valence electrons. The zero-order valence-corrected chi connectivity index (χ0v) is 12.4. The Kier molecular flexibility index (Phi) is 2.90. The van der Waals surface area contributed by atoms with E-state index in [0.717, 1.165) is 11.8 Å². The molecule has 3 heterocycles. The largest absolute Gasteiger partial charge is 0.482 e. The van der Waals surface area contributed by atoms with E-state index in [9.17, 15) is 9.59 Å². The average molecular weight is 307 g/mol. The summed E-state index contributed by atoms with van der Waals surface area (Å²) in [5, 5.41) is 0. The Morgan fingerprint density at radius 1 is 1.26 bits per heavy atom. The molecule has 0 saturated heterocycles. The molecule has 0 unspecified atom stereocenters. The van der Waals surface area contributed by atoms with Gasteiger partial charge in [0.2, 0.25) is 0 Å². The Morgan fingerprint density at radius 3 is 2.96 bits per heavy atom. The fourth-order valence-corrected chi connectivity index (χ4v) is 2.76. The first-order valence-electron chi connectivity index (χ1n) is 7.15. The number of ether oxygens (including phenoxy) is 1. The van der Waals surface area contributed by atoms with E-state index in [1.165, 1.54) is 0 Å². The van der Waals surface area contributed by atoms with Gasteiger partial charge in [-0.2, -0.15) is 0 Å². The molecule has 1 aromatic carbocycles. The number of aldehydes is 1. The van der Waals surface area contributed by atoms with Crippen molar-refractivity contribution < 1.29 is 14.3 Å². The number of benzene rings is 1. The molecule has 0 spiro atoms. The molecular weight excluding hydrogens is 294 g/mol. The van der Waals surface area contributed by atoms with Gasteiger partial charge in [-0.15, -0.1) is 0 Å². The van der Waals surface area contributed by atoms with Gasteiger partial charge in [-0.05, 0) is 30.3 Å². The van der Waals surface area contributed by atoms with E-state index in [-0.39, 0.29) is 12.5 Å². The van der Waals surface area contributed by atoms with E-state index in [2.05, 4.69) is 4.98 Å². The summed E-state index contributed by atoms with van der Waals surface area (Å²) in [4.78, 5) is 29.4. The van der Waals surface area contributed by atoms with Crippen molar-refractivity contribution in [2.45, 2.75) is 0 Å². The minimum absolute atomic E-state index is 0.0385. The molecule has 3 aromatic rings. The number of amides is 1. The second kappa shape index (κ2) is 4.95. The average Bonchev–Trinajstić information content (AvgIpc) is 2.96. The number of fused-ring (bicyclic) bond motifs is 2. The number of anilines is 1. The maximum absolute atomic E-state index is 11.8. The lowest BCUT2D eigenvalue weighted by Gasteiger charge is -2.26. The first-order chi connectivity index (χ1) is 11.2. The summed E-state index contributed by atoms with van der Waals surface area (Å²) >= 11 is 0. The summed E-state index contributed by atoms with van der Waals surface area (Å²) in [7, 11) is 1.71. The number of pyridine rings is 1. The summed E-state index contributed by atoms with van der Waals surface area (Å²) in [6.07, 6.45) is 2.59. The molecule has 1 aliphatic rings. The normalized spacial score (nSPS) is 13.8. The van der Waals surface area contributed by atoms with Gasteiger partial charge in [0.25, 0.3) is 5.91 Å². The van der Waals surface area contributed by atoms with Crippen LogP contribution >= 0.6 is 0 Å². The predicted molar refractivity (Wildman–Crippen MR) is 84.9 cm³/mol. The molecule has 1 amide bonds. The van der Waals surface area contributed by atoms with Crippen LogP contribution in [0.25, 0.3) is 16.9 Å². The second-order valence-electron chi connectivity index (χ2n) is 5.32. The molecule has 1 aliphatic heterocycles. The maximum Gasteiger partial charge on any atom is 0.264 e. The zero-order valence-electron chi connectivity index (χ0n) is 12.4. The lowest BCUT2D eigenvalue weighted by atomic mass is 10.1. The van der Waals surface area contributed by atoms with E-state index in [0.29, 0.717) is 28.5 Å². The van der Waals surface area contributed by atoms with Gasteiger partial charge in [0, 0.05) is 18.8 Å². The van der Waals surface area contributed by atoms with Gasteiger partial charge in [-0.3, -0.25) is 14.0 Å².